The largest absolute Gasteiger partial charge is 0.506 e. The minimum atomic E-state index is 0.269. The van der Waals surface area contributed by atoms with Crippen LogP contribution >= 0.6 is 0 Å². The summed E-state index contributed by atoms with van der Waals surface area (Å²) in [6, 6.07) is 0.528. The first-order chi connectivity index (χ1) is 5.33. The number of fused-ring (bicyclic) bond motifs is 1. The van der Waals surface area contributed by atoms with Crippen molar-refractivity contribution < 1.29 is 4.70 Å². The van der Waals surface area contributed by atoms with E-state index in [0.29, 0.717) is 6.04 Å². The third-order valence-corrected chi connectivity index (χ3v) is 4.19. The van der Waals surface area contributed by atoms with Gasteiger partial charge in [-0.1, -0.05) is 0 Å². The van der Waals surface area contributed by atoms with E-state index in [1.54, 1.807) is 4.70 Å². The molecule has 2 heteroatoms. The van der Waals surface area contributed by atoms with Crippen molar-refractivity contribution in [1.82, 2.24) is 0 Å². The molecule has 1 aliphatic carbocycles. The van der Waals surface area contributed by atoms with Gasteiger partial charge in [-0.25, -0.2) is 0 Å². The van der Waals surface area contributed by atoms with E-state index in [2.05, 4.69) is 0 Å². The molecular weight excluding hydrogens is 136 g/mol. The monoisotopic (exact) mass is 150 g/mol. The van der Waals surface area contributed by atoms with Crippen molar-refractivity contribution in [2.75, 3.05) is 0 Å². The fraction of sp³-hybridized carbons (Fsp3) is 1.00. The predicted molar refractivity (Wildman–Crippen MR) is 41.3 cm³/mol. The Morgan fingerprint density at radius 1 is 1.27 bits per heavy atom. The summed E-state index contributed by atoms with van der Waals surface area (Å²) < 4.78 is 1.71. The smallest absolute Gasteiger partial charge is 0.154 e. The molecule has 3 atom stereocenters. The second kappa shape index (κ2) is 1.67. The summed E-state index contributed by atoms with van der Waals surface area (Å²) in [4.78, 5) is 0. The van der Waals surface area contributed by atoms with Gasteiger partial charge >= 0.3 is 0 Å². The first-order valence-corrected chi connectivity index (χ1v) is 4.81. The molecule has 0 N–H and O–H groups in total. The second-order valence-electron chi connectivity index (χ2n) is 4.47. The van der Waals surface area contributed by atoms with Crippen LogP contribution in [0.15, 0.2) is 0 Å². The standard InChI is InChI=1S/C9H14N2/c10-11-8-3-5-9(11)4-1-2-7(9)6-8/h7-8H,1-6H2/t7?,8?,9-/m0/s1. The van der Waals surface area contributed by atoms with Crippen molar-refractivity contribution in [2.24, 2.45) is 5.92 Å². The zero-order chi connectivity index (χ0) is 7.47. The van der Waals surface area contributed by atoms with E-state index in [1.165, 1.54) is 38.5 Å². The highest BCUT2D eigenvalue weighted by atomic mass is 15.3. The first kappa shape index (κ1) is 6.15. The highest BCUT2D eigenvalue weighted by Gasteiger charge is 2.61. The molecule has 11 heavy (non-hydrogen) atoms. The molecule has 0 amide bonds. The van der Waals surface area contributed by atoms with Gasteiger partial charge in [0.2, 0.25) is 0 Å². The van der Waals surface area contributed by atoms with Crippen LogP contribution in [0.2, 0.25) is 0 Å². The fourth-order valence-electron chi connectivity index (χ4n) is 3.66. The highest BCUT2D eigenvalue weighted by Crippen LogP contribution is 2.55. The van der Waals surface area contributed by atoms with E-state index in [0.717, 1.165) is 5.92 Å². The molecule has 2 heterocycles. The average Bonchev–Trinajstić information content (AvgIpc) is 2.61. The minimum Gasteiger partial charge on any atom is -0.506 e. The molecule has 2 bridgehead atoms. The van der Waals surface area contributed by atoms with Gasteiger partial charge in [-0.05, 0) is 12.8 Å². The summed E-state index contributed by atoms with van der Waals surface area (Å²) >= 11 is 0. The number of hydrogen-bond donors (Lipinski definition) is 0. The van der Waals surface area contributed by atoms with Crippen LogP contribution in [0, 0.1) is 5.92 Å². The molecular formula is C9H14N2. The van der Waals surface area contributed by atoms with E-state index in [-0.39, 0.29) is 5.54 Å². The van der Waals surface area contributed by atoms with E-state index in [9.17, 15) is 5.53 Å². The Balaban J connectivity index is 2.09. The summed E-state index contributed by atoms with van der Waals surface area (Å²) in [5.74, 6) is 0.839. The Bertz CT molecular complexity index is 220. The van der Waals surface area contributed by atoms with E-state index in [4.69, 9.17) is 0 Å². The van der Waals surface area contributed by atoms with Gasteiger partial charge < -0.3 is 10.2 Å². The number of nitrogens with zero attached hydrogens (tertiary/aromatic N) is 2. The molecule has 0 aromatic carbocycles. The normalized spacial score (nSPS) is 53.6. The van der Waals surface area contributed by atoms with Crippen LogP contribution in [0.1, 0.15) is 38.5 Å². The van der Waals surface area contributed by atoms with Gasteiger partial charge in [-0.2, -0.15) is 0 Å². The zero-order valence-electron chi connectivity index (χ0n) is 6.79. The van der Waals surface area contributed by atoms with Crippen molar-refractivity contribution in [3.05, 3.63) is 5.53 Å². The molecule has 2 saturated heterocycles. The van der Waals surface area contributed by atoms with Gasteiger partial charge in [0.25, 0.3) is 0 Å². The van der Waals surface area contributed by atoms with Gasteiger partial charge in [0, 0.05) is 31.6 Å². The van der Waals surface area contributed by atoms with Crippen LogP contribution in [0.25, 0.3) is 5.53 Å². The van der Waals surface area contributed by atoms with Crippen molar-refractivity contribution in [2.45, 2.75) is 50.1 Å². The van der Waals surface area contributed by atoms with Gasteiger partial charge in [-0.3, -0.25) is 0 Å². The van der Waals surface area contributed by atoms with Crippen molar-refractivity contribution in [3.63, 3.8) is 0 Å². The maximum Gasteiger partial charge on any atom is 0.154 e. The Hall–Kier alpha value is -0.400. The summed E-state index contributed by atoms with van der Waals surface area (Å²) in [5.41, 5.74) is 10.1. The minimum absolute atomic E-state index is 0.269. The van der Waals surface area contributed by atoms with Crippen LogP contribution < -0.4 is 0 Å². The summed E-state index contributed by atoms with van der Waals surface area (Å²) in [6.45, 7) is 0. The fourth-order valence-corrected chi connectivity index (χ4v) is 3.66. The van der Waals surface area contributed by atoms with Crippen LogP contribution in [0.3, 0.4) is 0 Å². The van der Waals surface area contributed by atoms with Crippen LogP contribution in [-0.4, -0.2) is 16.3 Å². The molecule has 2 nitrogen and oxygen atoms in total. The molecule has 0 aromatic rings. The van der Waals surface area contributed by atoms with Gasteiger partial charge in [0.05, 0.1) is 0 Å². The lowest BCUT2D eigenvalue weighted by Crippen LogP contribution is -2.33. The van der Waals surface area contributed by atoms with Gasteiger partial charge in [0.15, 0.2) is 5.54 Å². The Morgan fingerprint density at radius 2 is 2.18 bits per heavy atom. The molecule has 0 aromatic heterocycles. The predicted octanol–water partition coefficient (Wildman–Crippen LogP) is 2.13. The molecule has 2 unspecified atom stereocenters. The molecule has 2 aliphatic heterocycles. The number of hydrogen-bond acceptors (Lipinski definition) is 0. The number of rotatable bonds is 0. The average molecular weight is 150 g/mol. The van der Waals surface area contributed by atoms with Crippen molar-refractivity contribution in [3.8, 4) is 0 Å². The van der Waals surface area contributed by atoms with Crippen LogP contribution in [0.4, 0.5) is 0 Å². The van der Waals surface area contributed by atoms with Crippen LogP contribution in [-0.2, 0) is 0 Å². The van der Waals surface area contributed by atoms with E-state index in [1.807, 2.05) is 0 Å². The Labute approximate surface area is 67.1 Å². The third kappa shape index (κ3) is 0.522. The Kier molecular flexibility index (Phi) is 0.936. The van der Waals surface area contributed by atoms with Crippen molar-refractivity contribution in [1.29, 1.82) is 0 Å². The van der Waals surface area contributed by atoms with Crippen LogP contribution in [0.5, 0.6) is 0 Å². The second-order valence-corrected chi connectivity index (χ2v) is 4.47. The molecule has 3 aliphatic rings. The molecule has 60 valence electrons. The van der Waals surface area contributed by atoms with Crippen molar-refractivity contribution >= 4 is 0 Å². The van der Waals surface area contributed by atoms with Gasteiger partial charge in [-0.15, -0.1) is 0 Å². The maximum atomic E-state index is 9.82. The quantitative estimate of drug-likeness (QED) is 0.473. The van der Waals surface area contributed by atoms with E-state index < -0.39 is 0 Å². The summed E-state index contributed by atoms with van der Waals surface area (Å²) in [5, 5.41) is 0. The molecule has 3 rings (SSSR count). The third-order valence-electron chi connectivity index (χ3n) is 4.19. The summed E-state index contributed by atoms with van der Waals surface area (Å²) in [7, 11) is 0. The molecule has 1 spiro atoms. The highest BCUT2D eigenvalue weighted by molar-refractivity contribution is 5.03. The lowest BCUT2D eigenvalue weighted by atomic mass is 9.81. The first-order valence-electron chi connectivity index (χ1n) is 4.81. The summed E-state index contributed by atoms with van der Waals surface area (Å²) in [6.07, 6.45) is 7.75. The van der Waals surface area contributed by atoms with E-state index >= 15 is 0 Å². The lowest BCUT2D eigenvalue weighted by molar-refractivity contribution is -0.616. The van der Waals surface area contributed by atoms with Gasteiger partial charge in [0.1, 0.15) is 6.04 Å². The maximum absolute atomic E-state index is 9.82. The lowest BCUT2D eigenvalue weighted by Gasteiger charge is -2.22. The zero-order valence-corrected chi connectivity index (χ0v) is 6.79. The molecule has 1 saturated carbocycles. The SMILES string of the molecule is [N-]=[N+]1C2CC[C@]13CCCC3C2. The Morgan fingerprint density at radius 3 is 2.91 bits per heavy atom. The molecule has 3 fully saturated rings. The topological polar surface area (TPSA) is 25.3 Å². The molecule has 0 radical (unpaired) electrons.